The summed E-state index contributed by atoms with van der Waals surface area (Å²) in [4.78, 5) is 22.8. The number of carbonyl (C=O) groups is 2. The number of aromatic hydroxyl groups is 1. The monoisotopic (exact) mass is 248 g/mol. The SMILES string of the molecule is C=C(C)C(=O)CCCOC(=O)c1ccc(O)cc1. The highest BCUT2D eigenvalue weighted by Gasteiger charge is 2.07. The number of ketones is 1. The molecule has 0 heterocycles. The highest BCUT2D eigenvalue weighted by molar-refractivity contribution is 5.94. The first kappa shape index (κ1) is 14.0. The Hall–Kier alpha value is -2.10. The molecule has 96 valence electrons. The number of Topliss-reactive ketones (excluding diaryl/α,β-unsaturated/α-hetero) is 1. The van der Waals surface area contributed by atoms with Crippen LogP contribution in [-0.2, 0) is 9.53 Å². The Labute approximate surface area is 106 Å². The van der Waals surface area contributed by atoms with Gasteiger partial charge in [0.15, 0.2) is 5.78 Å². The van der Waals surface area contributed by atoms with E-state index >= 15 is 0 Å². The van der Waals surface area contributed by atoms with Crippen LogP contribution in [0.2, 0.25) is 0 Å². The van der Waals surface area contributed by atoms with Gasteiger partial charge in [-0.25, -0.2) is 4.79 Å². The minimum Gasteiger partial charge on any atom is -0.508 e. The van der Waals surface area contributed by atoms with Gasteiger partial charge < -0.3 is 9.84 Å². The fraction of sp³-hybridized carbons (Fsp3) is 0.286. The van der Waals surface area contributed by atoms with Crippen LogP contribution in [0.15, 0.2) is 36.4 Å². The Morgan fingerprint density at radius 1 is 1.28 bits per heavy atom. The van der Waals surface area contributed by atoms with Crippen LogP contribution in [0.5, 0.6) is 5.75 Å². The number of allylic oxidation sites excluding steroid dienone is 1. The number of hydrogen-bond donors (Lipinski definition) is 1. The highest BCUT2D eigenvalue weighted by atomic mass is 16.5. The van der Waals surface area contributed by atoms with E-state index in [4.69, 9.17) is 9.84 Å². The van der Waals surface area contributed by atoms with E-state index in [9.17, 15) is 9.59 Å². The van der Waals surface area contributed by atoms with Crippen LogP contribution >= 0.6 is 0 Å². The van der Waals surface area contributed by atoms with Crippen molar-refractivity contribution in [2.45, 2.75) is 19.8 Å². The van der Waals surface area contributed by atoms with Gasteiger partial charge in [0.1, 0.15) is 5.75 Å². The molecule has 1 N–H and O–H groups in total. The second-order valence-electron chi connectivity index (χ2n) is 3.99. The van der Waals surface area contributed by atoms with Gasteiger partial charge in [-0.2, -0.15) is 0 Å². The Bertz CT molecular complexity index is 445. The summed E-state index contributed by atoms with van der Waals surface area (Å²) >= 11 is 0. The fourth-order valence-corrected chi connectivity index (χ4v) is 1.29. The maximum atomic E-state index is 11.5. The molecule has 0 unspecified atom stereocenters. The predicted molar refractivity (Wildman–Crippen MR) is 67.4 cm³/mol. The van der Waals surface area contributed by atoms with Gasteiger partial charge in [-0.1, -0.05) is 6.58 Å². The summed E-state index contributed by atoms with van der Waals surface area (Å²) in [6.07, 6.45) is 0.813. The molecule has 4 heteroatoms. The summed E-state index contributed by atoms with van der Waals surface area (Å²) in [5.41, 5.74) is 0.888. The molecular formula is C14H16O4. The number of ether oxygens (including phenoxy) is 1. The van der Waals surface area contributed by atoms with Gasteiger partial charge in [0.2, 0.25) is 0 Å². The van der Waals surface area contributed by atoms with Crippen molar-refractivity contribution in [2.75, 3.05) is 6.61 Å². The molecule has 1 rings (SSSR count). The summed E-state index contributed by atoms with van der Waals surface area (Å²) < 4.78 is 5.00. The fourth-order valence-electron chi connectivity index (χ4n) is 1.29. The van der Waals surface area contributed by atoms with Crippen molar-refractivity contribution in [1.29, 1.82) is 0 Å². The van der Waals surface area contributed by atoms with E-state index < -0.39 is 5.97 Å². The molecule has 0 saturated heterocycles. The first-order chi connectivity index (χ1) is 8.50. The van der Waals surface area contributed by atoms with Gasteiger partial charge in [-0.05, 0) is 43.2 Å². The molecule has 4 nitrogen and oxygen atoms in total. The molecule has 0 spiro atoms. The topological polar surface area (TPSA) is 63.6 Å². The molecule has 18 heavy (non-hydrogen) atoms. The number of carbonyl (C=O) groups excluding carboxylic acids is 2. The molecule has 0 aliphatic carbocycles. The molecule has 0 aliphatic rings. The maximum absolute atomic E-state index is 11.5. The second kappa shape index (κ2) is 6.59. The lowest BCUT2D eigenvalue weighted by atomic mass is 10.1. The van der Waals surface area contributed by atoms with Gasteiger partial charge >= 0.3 is 5.97 Å². The minimum absolute atomic E-state index is 0.0179. The third-order valence-corrected chi connectivity index (χ3v) is 2.36. The summed E-state index contributed by atoms with van der Waals surface area (Å²) in [6.45, 7) is 5.39. The smallest absolute Gasteiger partial charge is 0.338 e. The van der Waals surface area contributed by atoms with E-state index in [1.54, 1.807) is 6.92 Å². The lowest BCUT2D eigenvalue weighted by Crippen LogP contribution is -2.08. The zero-order chi connectivity index (χ0) is 13.5. The Morgan fingerprint density at radius 3 is 2.44 bits per heavy atom. The summed E-state index contributed by atoms with van der Waals surface area (Å²) in [5, 5.41) is 9.07. The van der Waals surface area contributed by atoms with Crippen LogP contribution in [0.4, 0.5) is 0 Å². The minimum atomic E-state index is -0.460. The third-order valence-electron chi connectivity index (χ3n) is 2.36. The molecule has 1 aromatic rings. The Balaban J connectivity index is 2.32. The molecule has 0 saturated carbocycles. The number of esters is 1. The quantitative estimate of drug-likeness (QED) is 0.477. The summed E-state index contributed by atoms with van der Waals surface area (Å²) in [6, 6.07) is 5.80. The maximum Gasteiger partial charge on any atom is 0.338 e. The zero-order valence-corrected chi connectivity index (χ0v) is 10.3. The van der Waals surface area contributed by atoms with Crippen LogP contribution in [0.3, 0.4) is 0 Å². The average molecular weight is 248 g/mol. The normalized spacial score (nSPS) is 9.83. The predicted octanol–water partition coefficient (Wildman–Crippen LogP) is 2.47. The lowest BCUT2D eigenvalue weighted by Gasteiger charge is -2.04. The third kappa shape index (κ3) is 4.41. The first-order valence-corrected chi connectivity index (χ1v) is 5.65. The van der Waals surface area contributed by atoms with Crippen LogP contribution in [0, 0.1) is 0 Å². The Kier molecular flexibility index (Phi) is 5.11. The van der Waals surface area contributed by atoms with Crippen molar-refractivity contribution in [2.24, 2.45) is 0 Å². The van der Waals surface area contributed by atoms with Gasteiger partial charge in [-0.15, -0.1) is 0 Å². The van der Waals surface area contributed by atoms with Crippen LogP contribution in [0.1, 0.15) is 30.1 Å². The lowest BCUT2D eigenvalue weighted by molar-refractivity contribution is -0.115. The molecule has 0 radical (unpaired) electrons. The molecule has 1 aromatic carbocycles. The molecule has 0 fully saturated rings. The van der Waals surface area contributed by atoms with E-state index in [0.29, 0.717) is 24.0 Å². The largest absolute Gasteiger partial charge is 0.508 e. The summed E-state index contributed by atoms with van der Waals surface area (Å²) in [7, 11) is 0. The van der Waals surface area contributed by atoms with Gasteiger partial charge in [0.25, 0.3) is 0 Å². The first-order valence-electron chi connectivity index (χ1n) is 5.65. The summed E-state index contributed by atoms with van der Waals surface area (Å²) in [5.74, 6) is -0.382. The van der Waals surface area contributed by atoms with E-state index in [0.717, 1.165) is 0 Å². The van der Waals surface area contributed by atoms with Crippen LogP contribution < -0.4 is 0 Å². The number of phenolic OH excluding ortho intramolecular Hbond substituents is 1. The van der Waals surface area contributed by atoms with E-state index in [-0.39, 0.29) is 18.1 Å². The van der Waals surface area contributed by atoms with Crippen molar-refractivity contribution in [1.82, 2.24) is 0 Å². The number of hydrogen-bond acceptors (Lipinski definition) is 4. The molecule has 0 aromatic heterocycles. The molecule has 0 bridgehead atoms. The second-order valence-corrected chi connectivity index (χ2v) is 3.99. The van der Waals surface area contributed by atoms with E-state index in [1.807, 2.05) is 0 Å². The van der Waals surface area contributed by atoms with E-state index in [1.165, 1.54) is 24.3 Å². The van der Waals surface area contributed by atoms with Crippen LogP contribution in [0.25, 0.3) is 0 Å². The average Bonchev–Trinajstić information content (AvgIpc) is 2.34. The van der Waals surface area contributed by atoms with Crippen molar-refractivity contribution in [3.05, 3.63) is 42.0 Å². The van der Waals surface area contributed by atoms with Crippen molar-refractivity contribution in [3.63, 3.8) is 0 Å². The highest BCUT2D eigenvalue weighted by Crippen LogP contribution is 2.10. The van der Waals surface area contributed by atoms with E-state index in [2.05, 4.69) is 6.58 Å². The standard InChI is InChI=1S/C14H16O4/c1-10(2)13(16)4-3-9-18-14(17)11-5-7-12(15)8-6-11/h5-8,15H,1,3-4,9H2,2H3. The van der Waals surface area contributed by atoms with Crippen molar-refractivity contribution < 1.29 is 19.4 Å². The number of rotatable bonds is 6. The van der Waals surface area contributed by atoms with Gasteiger partial charge in [-0.3, -0.25) is 4.79 Å². The molecule has 0 aliphatic heterocycles. The number of phenols is 1. The molecule has 0 atom stereocenters. The van der Waals surface area contributed by atoms with Crippen molar-refractivity contribution in [3.8, 4) is 5.75 Å². The van der Waals surface area contributed by atoms with Gasteiger partial charge in [0.05, 0.1) is 12.2 Å². The number of benzene rings is 1. The molecular weight excluding hydrogens is 232 g/mol. The Morgan fingerprint density at radius 2 is 1.89 bits per heavy atom. The van der Waals surface area contributed by atoms with Gasteiger partial charge in [0, 0.05) is 6.42 Å². The van der Waals surface area contributed by atoms with Crippen LogP contribution in [-0.4, -0.2) is 23.5 Å². The zero-order valence-electron chi connectivity index (χ0n) is 10.3. The van der Waals surface area contributed by atoms with Crippen molar-refractivity contribution >= 4 is 11.8 Å². The molecule has 0 amide bonds.